The molecule has 104 valence electrons. The molecule has 3 heteroatoms. The van der Waals surface area contributed by atoms with Gasteiger partial charge in [0.25, 0.3) is 0 Å². The summed E-state index contributed by atoms with van der Waals surface area (Å²) in [7, 11) is 1.73. The Morgan fingerprint density at radius 2 is 2.05 bits per heavy atom. The van der Waals surface area contributed by atoms with Gasteiger partial charge in [0.1, 0.15) is 13.1 Å². The molecule has 1 aliphatic rings. The highest BCUT2D eigenvalue weighted by molar-refractivity contribution is 5.80. The Hall–Kier alpha value is -1.51. The summed E-state index contributed by atoms with van der Waals surface area (Å²) in [5, 5.41) is 0. The fourth-order valence-electron chi connectivity index (χ4n) is 2.51. The minimum Gasteiger partial charge on any atom is -0.492 e. The van der Waals surface area contributed by atoms with Gasteiger partial charge in [-0.25, -0.2) is 4.90 Å². The summed E-state index contributed by atoms with van der Waals surface area (Å²) in [6, 6.07) is 8.22. The van der Waals surface area contributed by atoms with Crippen molar-refractivity contribution in [3.05, 3.63) is 24.3 Å². The van der Waals surface area contributed by atoms with E-state index in [1.165, 1.54) is 37.9 Å². The zero-order chi connectivity index (χ0) is 13.5. The van der Waals surface area contributed by atoms with Gasteiger partial charge in [-0.2, -0.15) is 0 Å². The molecular formula is C16H25N2O+. The number of hydrogen-bond acceptors (Lipinski definition) is 2. The second kappa shape index (κ2) is 7.17. The molecular weight excluding hydrogens is 236 g/mol. The van der Waals surface area contributed by atoms with Crippen molar-refractivity contribution in [2.24, 2.45) is 0 Å². The van der Waals surface area contributed by atoms with Gasteiger partial charge in [0.15, 0.2) is 11.4 Å². The highest BCUT2D eigenvalue weighted by Crippen LogP contribution is 2.27. The molecule has 0 radical (unpaired) electrons. The molecule has 0 fully saturated rings. The Bertz CT molecular complexity index is 429. The van der Waals surface area contributed by atoms with Crippen LogP contribution < -0.4 is 9.64 Å². The minimum absolute atomic E-state index is 0.951. The predicted octanol–water partition coefficient (Wildman–Crippen LogP) is 3.14. The molecule has 2 rings (SSSR count). The number of methoxy groups -OCH3 is 1. The fourth-order valence-corrected chi connectivity index (χ4v) is 2.51. The lowest BCUT2D eigenvalue weighted by atomic mass is 10.2. The molecule has 0 N–H and O–H groups in total. The number of nitrogens with zero attached hydrogens (tertiary/aromatic N) is 2. The molecule has 0 aliphatic carbocycles. The molecule has 3 nitrogen and oxygen atoms in total. The summed E-state index contributed by atoms with van der Waals surface area (Å²) in [5.74, 6) is 0.951. The van der Waals surface area contributed by atoms with Gasteiger partial charge >= 0.3 is 0 Å². The average molecular weight is 261 g/mol. The molecule has 0 spiro atoms. The molecule has 1 aliphatic heterocycles. The van der Waals surface area contributed by atoms with E-state index >= 15 is 0 Å². The lowest BCUT2D eigenvalue weighted by Gasteiger charge is -2.10. The van der Waals surface area contributed by atoms with Gasteiger partial charge in [-0.1, -0.05) is 31.9 Å². The fraction of sp³-hybridized carbons (Fsp3) is 0.562. The van der Waals surface area contributed by atoms with Gasteiger partial charge in [-0.05, 0) is 25.0 Å². The Labute approximate surface area is 116 Å². The van der Waals surface area contributed by atoms with Crippen LogP contribution in [0.25, 0.3) is 0 Å². The van der Waals surface area contributed by atoms with Gasteiger partial charge < -0.3 is 4.74 Å². The van der Waals surface area contributed by atoms with Crippen LogP contribution in [0.3, 0.4) is 0 Å². The zero-order valence-corrected chi connectivity index (χ0v) is 12.1. The van der Waals surface area contributed by atoms with Crippen molar-refractivity contribution in [3.8, 4) is 5.75 Å². The average Bonchev–Trinajstić information content (AvgIpc) is 2.92. The van der Waals surface area contributed by atoms with E-state index in [0.29, 0.717) is 0 Å². The first-order valence-corrected chi connectivity index (χ1v) is 7.34. The molecule has 0 unspecified atom stereocenters. The summed E-state index contributed by atoms with van der Waals surface area (Å²) in [6.07, 6.45) is 7.53. The van der Waals surface area contributed by atoms with E-state index in [0.717, 1.165) is 18.8 Å². The quantitative estimate of drug-likeness (QED) is 0.553. The summed E-state index contributed by atoms with van der Waals surface area (Å²) in [4.78, 5) is 2.29. The largest absolute Gasteiger partial charge is 0.492 e. The van der Waals surface area contributed by atoms with E-state index < -0.39 is 0 Å². The first kappa shape index (κ1) is 13.9. The van der Waals surface area contributed by atoms with E-state index in [1.54, 1.807) is 7.11 Å². The standard InChI is InChI=1S/C16H25N2O/c1-3-4-5-8-11-17-12-13-18(14-17)15-9-6-7-10-16(15)19-2/h6-7,9-10,14H,3-5,8,11-13H2,1-2H3/q+1. The van der Waals surface area contributed by atoms with E-state index in [-0.39, 0.29) is 0 Å². The number of ether oxygens (including phenoxy) is 1. The van der Waals surface area contributed by atoms with Crippen molar-refractivity contribution in [2.45, 2.75) is 32.6 Å². The van der Waals surface area contributed by atoms with Crippen LogP contribution in [0.5, 0.6) is 5.75 Å². The third-order valence-electron chi connectivity index (χ3n) is 3.62. The number of anilines is 1. The van der Waals surface area contributed by atoms with Crippen LogP contribution in [-0.4, -0.2) is 37.7 Å². The molecule has 1 heterocycles. The van der Waals surface area contributed by atoms with Crippen molar-refractivity contribution in [1.29, 1.82) is 0 Å². The second-order valence-electron chi connectivity index (χ2n) is 5.08. The van der Waals surface area contributed by atoms with Crippen molar-refractivity contribution in [3.63, 3.8) is 0 Å². The van der Waals surface area contributed by atoms with Crippen molar-refractivity contribution < 1.29 is 9.31 Å². The smallest absolute Gasteiger partial charge is 0.239 e. The molecule has 19 heavy (non-hydrogen) atoms. The molecule has 0 atom stereocenters. The van der Waals surface area contributed by atoms with Gasteiger partial charge in [0, 0.05) is 0 Å². The van der Waals surface area contributed by atoms with Crippen LogP contribution in [0.15, 0.2) is 24.3 Å². The maximum absolute atomic E-state index is 5.43. The van der Waals surface area contributed by atoms with Crippen LogP contribution in [0, 0.1) is 0 Å². The van der Waals surface area contributed by atoms with Gasteiger partial charge in [-0.15, -0.1) is 0 Å². The van der Waals surface area contributed by atoms with Gasteiger partial charge in [-0.3, -0.25) is 4.58 Å². The van der Waals surface area contributed by atoms with E-state index in [1.807, 2.05) is 12.1 Å². The van der Waals surface area contributed by atoms with Gasteiger partial charge in [0.05, 0.1) is 13.7 Å². The lowest BCUT2D eigenvalue weighted by Crippen LogP contribution is -2.18. The molecule has 1 aromatic rings. The maximum atomic E-state index is 5.43. The summed E-state index contributed by atoms with van der Waals surface area (Å²) in [6.45, 7) is 5.59. The van der Waals surface area contributed by atoms with Gasteiger partial charge in [0.2, 0.25) is 6.34 Å². The number of para-hydroxylation sites is 2. The van der Waals surface area contributed by atoms with Crippen LogP contribution in [0.1, 0.15) is 32.6 Å². The number of rotatable bonds is 7. The van der Waals surface area contributed by atoms with Crippen LogP contribution in [0.4, 0.5) is 5.69 Å². The lowest BCUT2D eigenvalue weighted by molar-refractivity contribution is -0.514. The molecule has 0 saturated carbocycles. The Balaban J connectivity index is 1.94. The van der Waals surface area contributed by atoms with Crippen LogP contribution in [0.2, 0.25) is 0 Å². The highest BCUT2D eigenvalue weighted by Gasteiger charge is 2.23. The molecule has 1 aromatic carbocycles. The molecule has 0 amide bonds. The third-order valence-corrected chi connectivity index (χ3v) is 3.62. The topological polar surface area (TPSA) is 15.5 Å². The Morgan fingerprint density at radius 1 is 1.21 bits per heavy atom. The number of benzene rings is 1. The normalized spacial score (nSPS) is 14.6. The van der Waals surface area contributed by atoms with E-state index in [9.17, 15) is 0 Å². The highest BCUT2D eigenvalue weighted by atomic mass is 16.5. The molecule has 0 bridgehead atoms. The first-order chi connectivity index (χ1) is 9.35. The summed E-state index contributed by atoms with van der Waals surface area (Å²) >= 11 is 0. The Kier molecular flexibility index (Phi) is 5.25. The third kappa shape index (κ3) is 3.72. The minimum atomic E-state index is 0.951. The van der Waals surface area contributed by atoms with E-state index in [2.05, 4.69) is 34.9 Å². The number of hydrogen-bond donors (Lipinski definition) is 0. The SMILES string of the molecule is CCCCCC[N+]1=CN(c2ccccc2OC)CC1. The Morgan fingerprint density at radius 3 is 2.84 bits per heavy atom. The van der Waals surface area contributed by atoms with Crippen molar-refractivity contribution in [2.75, 3.05) is 31.6 Å². The molecule has 0 saturated heterocycles. The predicted molar refractivity (Wildman–Crippen MR) is 80.5 cm³/mol. The second-order valence-corrected chi connectivity index (χ2v) is 5.08. The first-order valence-electron chi connectivity index (χ1n) is 7.34. The summed E-state index contributed by atoms with van der Waals surface area (Å²) < 4.78 is 7.84. The van der Waals surface area contributed by atoms with E-state index in [4.69, 9.17) is 4.74 Å². The monoisotopic (exact) mass is 261 g/mol. The van der Waals surface area contributed by atoms with Crippen molar-refractivity contribution in [1.82, 2.24) is 0 Å². The van der Waals surface area contributed by atoms with Crippen molar-refractivity contribution >= 4 is 12.0 Å². The van der Waals surface area contributed by atoms with Crippen LogP contribution in [-0.2, 0) is 0 Å². The van der Waals surface area contributed by atoms with Crippen LogP contribution >= 0.6 is 0 Å². The zero-order valence-electron chi connectivity index (χ0n) is 12.1. The summed E-state index contributed by atoms with van der Waals surface area (Å²) in [5.41, 5.74) is 1.17. The number of unbranched alkanes of at least 4 members (excludes halogenated alkanes) is 3. The molecule has 0 aromatic heterocycles. The maximum Gasteiger partial charge on any atom is 0.239 e.